The van der Waals surface area contributed by atoms with Gasteiger partial charge in [-0.15, -0.1) is 0 Å². The fraction of sp³-hybridized carbons (Fsp3) is 0.400. The van der Waals surface area contributed by atoms with Gasteiger partial charge in [-0.1, -0.05) is 30.3 Å². The van der Waals surface area contributed by atoms with E-state index in [-0.39, 0.29) is 18.1 Å². The molecule has 7 nitrogen and oxygen atoms in total. The van der Waals surface area contributed by atoms with Crippen molar-refractivity contribution in [3.05, 3.63) is 64.3 Å². The summed E-state index contributed by atoms with van der Waals surface area (Å²) in [4.78, 5) is 24.1. The Bertz CT molecular complexity index is 928. The quantitative estimate of drug-likeness (QED) is 0.410. The number of hydrogen-bond acceptors (Lipinski definition) is 6. The lowest BCUT2D eigenvalue weighted by Gasteiger charge is -2.29. The molecule has 0 spiro atoms. The molecule has 28 heavy (non-hydrogen) atoms. The Labute approximate surface area is 167 Å². The number of fused-ring (bicyclic) bond motifs is 1. The van der Waals surface area contributed by atoms with Crippen molar-refractivity contribution in [1.82, 2.24) is 19.9 Å². The van der Waals surface area contributed by atoms with E-state index in [4.69, 9.17) is 0 Å². The predicted octanol–water partition coefficient (Wildman–Crippen LogP) is 1.59. The van der Waals surface area contributed by atoms with Gasteiger partial charge in [0.15, 0.2) is 0 Å². The topological polar surface area (TPSA) is 105 Å². The van der Waals surface area contributed by atoms with Crippen molar-refractivity contribution in [1.29, 1.82) is 0 Å². The minimum atomic E-state index is -0.769. The Morgan fingerprint density at radius 1 is 1.21 bits per heavy atom. The highest BCUT2D eigenvalue weighted by Gasteiger charge is 2.22. The van der Waals surface area contributed by atoms with Crippen LogP contribution in [0.3, 0.4) is 0 Å². The molecule has 3 aromatic rings. The third-order valence-corrected chi connectivity index (χ3v) is 5.56. The SMILES string of the molecule is CSC[C@H](CN(Cc1ccccc1)Cc1c[nH]c2c(=O)[nH]cnc12)[C@H](O)CO. The number of nitrogens with one attached hydrogen (secondary N) is 2. The molecule has 4 N–H and O–H groups in total. The summed E-state index contributed by atoms with van der Waals surface area (Å²) in [5, 5.41) is 19.7. The summed E-state index contributed by atoms with van der Waals surface area (Å²) in [6, 6.07) is 10.1. The largest absolute Gasteiger partial charge is 0.394 e. The van der Waals surface area contributed by atoms with Crippen LogP contribution in [-0.2, 0) is 13.1 Å². The lowest BCUT2D eigenvalue weighted by atomic mass is 10.0. The van der Waals surface area contributed by atoms with Crippen LogP contribution in [0.2, 0.25) is 0 Å². The van der Waals surface area contributed by atoms with Crippen molar-refractivity contribution in [2.45, 2.75) is 19.2 Å². The summed E-state index contributed by atoms with van der Waals surface area (Å²) >= 11 is 1.65. The van der Waals surface area contributed by atoms with Gasteiger partial charge in [0, 0.05) is 37.3 Å². The van der Waals surface area contributed by atoms with Gasteiger partial charge in [0.2, 0.25) is 0 Å². The number of hydrogen-bond donors (Lipinski definition) is 4. The number of H-pyrrole nitrogens is 2. The molecule has 2 atom stereocenters. The van der Waals surface area contributed by atoms with Crippen LogP contribution in [0.15, 0.2) is 47.7 Å². The average Bonchev–Trinajstić information content (AvgIpc) is 3.12. The van der Waals surface area contributed by atoms with E-state index in [9.17, 15) is 15.0 Å². The zero-order valence-corrected chi connectivity index (χ0v) is 16.7. The third kappa shape index (κ3) is 5.02. The molecule has 0 radical (unpaired) electrons. The number of aromatic nitrogens is 3. The first-order valence-electron chi connectivity index (χ1n) is 9.20. The lowest BCUT2D eigenvalue weighted by molar-refractivity contribution is 0.0374. The zero-order valence-electron chi connectivity index (χ0n) is 15.8. The monoisotopic (exact) mass is 402 g/mol. The smallest absolute Gasteiger partial charge is 0.275 e. The molecule has 0 saturated heterocycles. The summed E-state index contributed by atoms with van der Waals surface area (Å²) in [6.45, 7) is 1.63. The van der Waals surface area contributed by atoms with Gasteiger partial charge in [-0.3, -0.25) is 9.69 Å². The molecule has 3 rings (SSSR count). The number of aliphatic hydroxyl groups excluding tert-OH is 2. The van der Waals surface area contributed by atoms with Crippen LogP contribution in [0.25, 0.3) is 11.0 Å². The first-order chi connectivity index (χ1) is 13.6. The zero-order chi connectivity index (χ0) is 19.9. The molecule has 2 aromatic heterocycles. The highest BCUT2D eigenvalue weighted by atomic mass is 32.2. The van der Waals surface area contributed by atoms with Crippen molar-refractivity contribution in [3.63, 3.8) is 0 Å². The van der Waals surface area contributed by atoms with Gasteiger partial charge in [-0.05, 0) is 17.6 Å². The average molecular weight is 403 g/mol. The van der Waals surface area contributed by atoms with E-state index in [1.165, 1.54) is 6.33 Å². The van der Waals surface area contributed by atoms with E-state index in [2.05, 4.69) is 32.0 Å². The Morgan fingerprint density at radius 3 is 2.71 bits per heavy atom. The second-order valence-electron chi connectivity index (χ2n) is 6.89. The molecule has 0 aliphatic carbocycles. The molecular formula is C20H26N4O3S. The summed E-state index contributed by atoms with van der Waals surface area (Å²) < 4.78 is 0. The minimum absolute atomic E-state index is 0.0646. The maximum absolute atomic E-state index is 12.0. The molecule has 0 aliphatic heterocycles. The molecule has 0 saturated carbocycles. The molecule has 0 unspecified atom stereocenters. The molecule has 8 heteroatoms. The number of aromatic amines is 2. The molecule has 150 valence electrons. The third-order valence-electron chi connectivity index (χ3n) is 4.80. The number of thioether (sulfide) groups is 1. The van der Waals surface area contributed by atoms with E-state index >= 15 is 0 Å². The van der Waals surface area contributed by atoms with Crippen molar-refractivity contribution < 1.29 is 10.2 Å². The summed E-state index contributed by atoms with van der Waals surface area (Å²) in [5.41, 5.74) is 3.02. The molecule has 0 fully saturated rings. The Morgan fingerprint density at radius 2 is 2.00 bits per heavy atom. The number of nitrogens with zero attached hydrogens (tertiary/aromatic N) is 2. The van der Waals surface area contributed by atoms with Crippen LogP contribution in [0.5, 0.6) is 0 Å². The highest BCUT2D eigenvalue weighted by molar-refractivity contribution is 7.98. The number of benzene rings is 1. The van der Waals surface area contributed by atoms with Crippen LogP contribution < -0.4 is 5.56 Å². The molecule has 2 heterocycles. The number of rotatable bonds is 10. The Hall–Kier alpha value is -2.13. The second-order valence-corrected chi connectivity index (χ2v) is 7.80. The van der Waals surface area contributed by atoms with Gasteiger partial charge in [-0.25, -0.2) is 4.98 Å². The van der Waals surface area contributed by atoms with E-state index in [1.807, 2.05) is 30.7 Å². The number of aliphatic hydroxyl groups is 2. The minimum Gasteiger partial charge on any atom is -0.394 e. The van der Waals surface area contributed by atoms with Crippen LogP contribution >= 0.6 is 11.8 Å². The van der Waals surface area contributed by atoms with Crippen LogP contribution in [0.1, 0.15) is 11.1 Å². The molecule has 1 aromatic carbocycles. The van der Waals surface area contributed by atoms with Crippen molar-refractivity contribution in [2.75, 3.05) is 25.2 Å². The first-order valence-corrected chi connectivity index (χ1v) is 10.6. The van der Waals surface area contributed by atoms with Crippen LogP contribution in [0.4, 0.5) is 0 Å². The van der Waals surface area contributed by atoms with Crippen molar-refractivity contribution in [3.8, 4) is 0 Å². The summed E-state index contributed by atoms with van der Waals surface area (Å²) in [7, 11) is 0. The first kappa shape index (κ1) is 20.6. The van der Waals surface area contributed by atoms with E-state index < -0.39 is 6.10 Å². The van der Waals surface area contributed by atoms with Crippen LogP contribution in [-0.4, -0.2) is 61.3 Å². The molecular weight excluding hydrogens is 376 g/mol. The van der Waals surface area contributed by atoms with Gasteiger partial charge in [-0.2, -0.15) is 11.8 Å². The van der Waals surface area contributed by atoms with E-state index in [0.717, 1.165) is 16.9 Å². The van der Waals surface area contributed by atoms with Crippen LogP contribution in [0, 0.1) is 5.92 Å². The summed E-state index contributed by atoms with van der Waals surface area (Å²) in [6.07, 6.45) is 4.45. The molecule has 0 bridgehead atoms. The fourth-order valence-electron chi connectivity index (χ4n) is 3.37. The maximum Gasteiger partial charge on any atom is 0.275 e. The fourth-order valence-corrected chi connectivity index (χ4v) is 4.13. The van der Waals surface area contributed by atoms with Gasteiger partial charge in [0.05, 0.1) is 24.6 Å². The molecule has 0 aliphatic rings. The van der Waals surface area contributed by atoms with Gasteiger partial charge in [0.25, 0.3) is 5.56 Å². The highest BCUT2D eigenvalue weighted by Crippen LogP contribution is 2.20. The normalized spacial score (nSPS) is 13.9. The van der Waals surface area contributed by atoms with Gasteiger partial charge >= 0.3 is 0 Å². The van der Waals surface area contributed by atoms with E-state index in [0.29, 0.717) is 30.7 Å². The summed E-state index contributed by atoms with van der Waals surface area (Å²) in [5.74, 6) is 0.684. The lowest BCUT2D eigenvalue weighted by Crippen LogP contribution is -2.37. The Balaban J connectivity index is 1.86. The molecule has 0 amide bonds. The van der Waals surface area contributed by atoms with Crippen molar-refractivity contribution >= 4 is 22.8 Å². The standard InChI is InChI=1S/C20H26N4O3S/c1-28-12-16(17(26)11-25)10-24(8-14-5-3-2-4-6-14)9-15-7-21-19-18(15)22-13-23-20(19)27/h2-7,13,16-17,21,25-26H,8-12H2,1H3,(H,22,23,27)/t16-,17+/m0/s1. The maximum atomic E-state index is 12.0. The van der Waals surface area contributed by atoms with Gasteiger partial charge in [0.1, 0.15) is 5.52 Å². The van der Waals surface area contributed by atoms with E-state index in [1.54, 1.807) is 11.8 Å². The Kier molecular flexibility index (Phi) is 7.27. The second kappa shape index (κ2) is 9.88. The van der Waals surface area contributed by atoms with Gasteiger partial charge < -0.3 is 20.2 Å². The van der Waals surface area contributed by atoms with Crippen molar-refractivity contribution in [2.24, 2.45) is 5.92 Å². The predicted molar refractivity (Wildman–Crippen MR) is 112 cm³/mol.